The number of anilines is 1. The van der Waals surface area contributed by atoms with Crippen molar-refractivity contribution in [2.75, 3.05) is 23.7 Å². The highest BCUT2D eigenvalue weighted by Gasteiger charge is 2.30. The summed E-state index contributed by atoms with van der Waals surface area (Å²) >= 11 is 0. The maximum Gasteiger partial charge on any atom is 0.243 e. The highest BCUT2D eigenvalue weighted by Crippen LogP contribution is 2.21. The fourth-order valence-electron chi connectivity index (χ4n) is 4.64. The Morgan fingerprint density at radius 3 is 2.05 bits per heavy atom. The van der Waals surface area contributed by atoms with Gasteiger partial charge < -0.3 is 10.2 Å². The second kappa shape index (κ2) is 14.7. The molecular formula is C32H41N3O4S. The van der Waals surface area contributed by atoms with Gasteiger partial charge in [0.1, 0.15) is 6.04 Å². The third-order valence-corrected chi connectivity index (χ3v) is 8.07. The number of amides is 2. The Hall–Kier alpha value is -3.65. The Bertz CT molecular complexity index is 1340. The lowest BCUT2D eigenvalue weighted by Gasteiger charge is -2.32. The standard InChI is InChI=1S/C32H41N3O4S/c1-5-26-18-20-29(21-19-26)35(40(4,38)39)22-10-13-31(36)34(24-28-16-14-25(3)15-17-28)30(32(37)33-6-2)23-27-11-8-7-9-12-27/h7-9,11-12,14-21,30H,5-6,10,13,22-24H2,1-4H3,(H,33,37)/t30-/m1/s1. The number of nitrogens with one attached hydrogen (secondary N) is 1. The lowest BCUT2D eigenvalue weighted by Crippen LogP contribution is -2.50. The van der Waals surface area contributed by atoms with E-state index in [2.05, 4.69) is 5.32 Å². The Kier molecular flexibility index (Phi) is 11.3. The zero-order valence-electron chi connectivity index (χ0n) is 24.0. The zero-order valence-corrected chi connectivity index (χ0v) is 24.8. The molecule has 2 amide bonds. The van der Waals surface area contributed by atoms with Crippen LogP contribution in [0.3, 0.4) is 0 Å². The highest BCUT2D eigenvalue weighted by atomic mass is 32.2. The number of nitrogens with zero attached hydrogens (tertiary/aromatic N) is 2. The van der Waals surface area contributed by atoms with Gasteiger partial charge in [-0.15, -0.1) is 0 Å². The minimum Gasteiger partial charge on any atom is -0.355 e. The van der Waals surface area contributed by atoms with Gasteiger partial charge in [-0.05, 0) is 55.5 Å². The Morgan fingerprint density at radius 2 is 1.48 bits per heavy atom. The molecule has 1 N–H and O–H groups in total. The fourth-order valence-corrected chi connectivity index (χ4v) is 5.60. The first kappa shape index (κ1) is 30.9. The van der Waals surface area contributed by atoms with E-state index in [1.165, 1.54) is 10.6 Å². The summed E-state index contributed by atoms with van der Waals surface area (Å²) in [5, 5.41) is 2.90. The molecule has 40 heavy (non-hydrogen) atoms. The summed E-state index contributed by atoms with van der Waals surface area (Å²) in [6, 6.07) is 24.3. The lowest BCUT2D eigenvalue weighted by molar-refractivity contribution is -0.141. The van der Waals surface area contributed by atoms with Crippen LogP contribution in [-0.4, -0.2) is 50.5 Å². The maximum absolute atomic E-state index is 13.8. The molecule has 0 aromatic heterocycles. The van der Waals surface area contributed by atoms with Crippen LogP contribution in [0.5, 0.6) is 0 Å². The number of hydrogen-bond acceptors (Lipinski definition) is 4. The van der Waals surface area contributed by atoms with E-state index in [0.29, 0.717) is 25.1 Å². The number of rotatable bonds is 14. The van der Waals surface area contributed by atoms with Gasteiger partial charge in [0, 0.05) is 32.5 Å². The average Bonchev–Trinajstić information content (AvgIpc) is 2.94. The van der Waals surface area contributed by atoms with Crippen molar-refractivity contribution in [1.29, 1.82) is 0 Å². The van der Waals surface area contributed by atoms with E-state index in [1.54, 1.807) is 17.0 Å². The first-order valence-electron chi connectivity index (χ1n) is 13.9. The van der Waals surface area contributed by atoms with Gasteiger partial charge in [-0.3, -0.25) is 13.9 Å². The Labute approximate surface area is 239 Å². The number of hydrogen-bond donors (Lipinski definition) is 1. The van der Waals surface area contributed by atoms with Gasteiger partial charge in [0.15, 0.2) is 0 Å². The first-order chi connectivity index (χ1) is 19.1. The van der Waals surface area contributed by atoms with Crippen LogP contribution < -0.4 is 9.62 Å². The number of benzene rings is 3. The minimum absolute atomic E-state index is 0.107. The Morgan fingerprint density at radius 1 is 0.850 bits per heavy atom. The molecule has 0 fully saturated rings. The van der Waals surface area contributed by atoms with Crippen molar-refractivity contribution < 1.29 is 18.0 Å². The zero-order chi connectivity index (χ0) is 29.1. The van der Waals surface area contributed by atoms with E-state index in [-0.39, 0.29) is 31.3 Å². The van der Waals surface area contributed by atoms with Gasteiger partial charge in [-0.1, -0.05) is 79.2 Å². The molecule has 0 bridgehead atoms. The molecule has 0 saturated heterocycles. The third-order valence-electron chi connectivity index (χ3n) is 6.88. The predicted molar refractivity (Wildman–Crippen MR) is 162 cm³/mol. The van der Waals surface area contributed by atoms with Crippen LogP contribution >= 0.6 is 0 Å². The van der Waals surface area contributed by atoms with Gasteiger partial charge in [0.2, 0.25) is 21.8 Å². The van der Waals surface area contributed by atoms with Crippen molar-refractivity contribution in [2.45, 2.75) is 59.0 Å². The number of carbonyl (C=O) groups is 2. The van der Waals surface area contributed by atoms with Crippen molar-refractivity contribution >= 4 is 27.5 Å². The molecule has 0 spiro atoms. The average molecular weight is 564 g/mol. The van der Waals surface area contributed by atoms with Crippen molar-refractivity contribution in [3.05, 3.63) is 101 Å². The topological polar surface area (TPSA) is 86.8 Å². The molecular weight excluding hydrogens is 522 g/mol. The highest BCUT2D eigenvalue weighted by molar-refractivity contribution is 7.92. The summed E-state index contributed by atoms with van der Waals surface area (Å²) in [5.41, 5.74) is 4.69. The monoisotopic (exact) mass is 563 g/mol. The summed E-state index contributed by atoms with van der Waals surface area (Å²) < 4.78 is 26.6. The number of aryl methyl sites for hydroxylation is 2. The van der Waals surface area contributed by atoms with Crippen molar-refractivity contribution in [3.63, 3.8) is 0 Å². The molecule has 0 unspecified atom stereocenters. The van der Waals surface area contributed by atoms with Crippen molar-refractivity contribution in [1.82, 2.24) is 10.2 Å². The SMILES string of the molecule is CCNC(=O)[C@@H](Cc1ccccc1)N(Cc1ccc(C)cc1)C(=O)CCCN(c1ccc(CC)cc1)S(C)(=O)=O. The van der Waals surface area contributed by atoms with E-state index in [9.17, 15) is 18.0 Å². The van der Waals surface area contributed by atoms with Gasteiger partial charge in [0.25, 0.3) is 0 Å². The molecule has 0 aliphatic carbocycles. The maximum atomic E-state index is 13.8. The number of sulfonamides is 1. The first-order valence-corrected chi connectivity index (χ1v) is 15.7. The lowest BCUT2D eigenvalue weighted by atomic mass is 10.0. The summed E-state index contributed by atoms with van der Waals surface area (Å²) in [6.07, 6.45) is 2.84. The predicted octanol–water partition coefficient (Wildman–Crippen LogP) is 4.88. The molecule has 214 valence electrons. The van der Waals surface area contributed by atoms with E-state index >= 15 is 0 Å². The molecule has 3 aromatic rings. The molecule has 0 aliphatic heterocycles. The van der Waals surface area contributed by atoms with Crippen LogP contribution in [-0.2, 0) is 39.0 Å². The van der Waals surface area contributed by atoms with E-state index in [4.69, 9.17) is 0 Å². The van der Waals surface area contributed by atoms with Crippen molar-refractivity contribution in [3.8, 4) is 0 Å². The number of carbonyl (C=O) groups excluding carboxylic acids is 2. The summed E-state index contributed by atoms with van der Waals surface area (Å²) in [6.45, 7) is 6.81. The molecule has 8 heteroatoms. The molecule has 1 atom stereocenters. The second-order valence-corrected chi connectivity index (χ2v) is 12.0. The van der Waals surface area contributed by atoms with Crippen LogP contribution in [0.25, 0.3) is 0 Å². The molecule has 0 radical (unpaired) electrons. The van der Waals surface area contributed by atoms with Gasteiger partial charge in [-0.25, -0.2) is 8.42 Å². The van der Waals surface area contributed by atoms with Crippen LogP contribution in [0.2, 0.25) is 0 Å². The normalized spacial score (nSPS) is 12.0. The van der Waals surface area contributed by atoms with Gasteiger partial charge >= 0.3 is 0 Å². The van der Waals surface area contributed by atoms with Crippen molar-refractivity contribution in [2.24, 2.45) is 0 Å². The smallest absolute Gasteiger partial charge is 0.243 e. The summed E-state index contributed by atoms with van der Waals surface area (Å²) in [5.74, 6) is -0.400. The summed E-state index contributed by atoms with van der Waals surface area (Å²) in [4.78, 5) is 28.7. The van der Waals surface area contributed by atoms with E-state index in [0.717, 1.165) is 28.7 Å². The molecule has 7 nitrogen and oxygen atoms in total. The van der Waals surface area contributed by atoms with Crippen LogP contribution in [0.1, 0.15) is 48.9 Å². The van der Waals surface area contributed by atoms with Crippen LogP contribution in [0.15, 0.2) is 78.9 Å². The van der Waals surface area contributed by atoms with Gasteiger partial charge in [-0.2, -0.15) is 0 Å². The van der Waals surface area contributed by atoms with Crippen LogP contribution in [0.4, 0.5) is 5.69 Å². The molecule has 3 rings (SSSR count). The molecule has 0 saturated carbocycles. The summed E-state index contributed by atoms with van der Waals surface area (Å²) in [7, 11) is -3.54. The Balaban J connectivity index is 1.84. The molecule has 3 aromatic carbocycles. The van der Waals surface area contributed by atoms with E-state index in [1.807, 2.05) is 87.5 Å². The van der Waals surface area contributed by atoms with E-state index < -0.39 is 16.1 Å². The second-order valence-electron chi connectivity index (χ2n) is 10.1. The van der Waals surface area contributed by atoms with Crippen LogP contribution in [0, 0.1) is 6.92 Å². The quantitative estimate of drug-likeness (QED) is 0.303. The third kappa shape index (κ3) is 8.95. The fraction of sp³-hybridized carbons (Fsp3) is 0.375. The van der Waals surface area contributed by atoms with Gasteiger partial charge in [0.05, 0.1) is 11.9 Å². The molecule has 0 aliphatic rings. The number of likely N-dealkylation sites (N-methyl/N-ethyl adjacent to an activating group) is 1. The minimum atomic E-state index is -3.54. The largest absolute Gasteiger partial charge is 0.355 e. The molecule has 0 heterocycles.